The van der Waals surface area contributed by atoms with Crippen LogP contribution in [0.15, 0.2) is 59.1 Å². The molecule has 1 saturated heterocycles. The number of methoxy groups -OCH3 is 1. The Morgan fingerprint density at radius 3 is 2.39 bits per heavy atom. The molecule has 0 radical (unpaired) electrons. The Morgan fingerprint density at radius 1 is 1.03 bits per heavy atom. The van der Waals surface area contributed by atoms with Crippen molar-refractivity contribution in [1.82, 2.24) is 24.5 Å². The number of aryl methyl sites for hydroxylation is 1. The molecule has 0 aliphatic carbocycles. The Kier molecular flexibility index (Phi) is 6.56. The first-order valence-electron chi connectivity index (χ1n) is 11.9. The van der Waals surface area contributed by atoms with Crippen LogP contribution < -0.4 is 4.74 Å². The predicted molar refractivity (Wildman–Crippen MR) is 133 cm³/mol. The van der Waals surface area contributed by atoms with Gasteiger partial charge in [0, 0.05) is 48.8 Å². The number of hydrogen-bond donors (Lipinski definition) is 0. The topological polar surface area (TPSA) is 76.6 Å². The summed E-state index contributed by atoms with van der Waals surface area (Å²) in [5.41, 5.74) is 4.16. The number of rotatable bonds is 6. The second-order valence-corrected chi connectivity index (χ2v) is 8.91. The smallest absolute Gasteiger partial charge is 0.255 e. The Morgan fingerprint density at radius 2 is 1.72 bits per heavy atom. The summed E-state index contributed by atoms with van der Waals surface area (Å²) >= 11 is 0. The lowest BCUT2D eigenvalue weighted by Crippen LogP contribution is -2.48. The lowest BCUT2D eigenvalue weighted by atomic mass is 10.2. The predicted octanol–water partition coefficient (Wildman–Crippen LogP) is 4.25. The van der Waals surface area contributed by atoms with Gasteiger partial charge in [-0.15, -0.1) is 0 Å². The number of hydrogen-bond acceptors (Lipinski definition) is 6. The zero-order valence-corrected chi connectivity index (χ0v) is 20.6. The standard InChI is InChI=1S/C27H28FN5O3/c1-18-16-24(19(2)33(18)22-8-6-21(28)7-9-22)27(34)32-14-12-31(13-15-32)17-25-29-26(30-36-25)20-4-10-23(35-3)11-5-20/h4-11,16H,12-15,17H2,1-3H3. The van der Waals surface area contributed by atoms with E-state index in [4.69, 9.17) is 9.26 Å². The summed E-state index contributed by atoms with van der Waals surface area (Å²) < 4.78 is 26.0. The van der Waals surface area contributed by atoms with Gasteiger partial charge in [0.2, 0.25) is 11.7 Å². The molecule has 2 aromatic heterocycles. The molecule has 1 fully saturated rings. The number of halogens is 1. The number of ether oxygens (including phenoxy) is 1. The van der Waals surface area contributed by atoms with Crippen LogP contribution in [0.3, 0.4) is 0 Å². The highest BCUT2D eigenvalue weighted by Gasteiger charge is 2.26. The molecular weight excluding hydrogens is 461 g/mol. The van der Waals surface area contributed by atoms with Crippen LogP contribution in [0.4, 0.5) is 4.39 Å². The maximum Gasteiger partial charge on any atom is 0.255 e. The summed E-state index contributed by atoms with van der Waals surface area (Å²) in [5.74, 6) is 1.58. The lowest BCUT2D eigenvalue weighted by molar-refractivity contribution is 0.0614. The minimum Gasteiger partial charge on any atom is -0.497 e. The van der Waals surface area contributed by atoms with Crippen molar-refractivity contribution in [3.8, 4) is 22.8 Å². The van der Waals surface area contributed by atoms with Crippen molar-refractivity contribution in [2.24, 2.45) is 0 Å². The molecule has 36 heavy (non-hydrogen) atoms. The maximum atomic E-state index is 13.4. The van der Waals surface area contributed by atoms with Crippen LogP contribution in [0.25, 0.3) is 17.1 Å². The lowest BCUT2D eigenvalue weighted by Gasteiger charge is -2.34. The third-order valence-electron chi connectivity index (χ3n) is 6.58. The molecule has 0 unspecified atom stereocenters. The fourth-order valence-electron chi connectivity index (χ4n) is 4.61. The Balaban J connectivity index is 1.21. The molecule has 1 amide bonds. The van der Waals surface area contributed by atoms with E-state index in [1.54, 1.807) is 19.2 Å². The van der Waals surface area contributed by atoms with Crippen LogP contribution in [0.1, 0.15) is 27.6 Å². The molecule has 8 nitrogen and oxygen atoms in total. The number of benzene rings is 2. The van der Waals surface area contributed by atoms with Crippen LogP contribution in [-0.2, 0) is 6.54 Å². The number of piperazine rings is 1. The highest BCUT2D eigenvalue weighted by molar-refractivity contribution is 5.96. The highest BCUT2D eigenvalue weighted by Crippen LogP contribution is 2.24. The monoisotopic (exact) mass is 489 g/mol. The van der Waals surface area contributed by atoms with Crippen LogP contribution >= 0.6 is 0 Å². The molecule has 5 rings (SSSR count). The van der Waals surface area contributed by atoms with Gasteiger partial charge in [-0.3, -0.25) is 9.69 Å². The molecule has 0 spiro atoms. The molecule has 1 aliphatic rings. The molecule has 0 saturated carbocycles. The average Bonchev–Trinajstić information content (AvgIpc) is 3.48. The van der Waals surface area contributed by atoms with E-state index >= 15 is 0 Å². The molecule has 3 heterocycles. The van der Waals surface area contributed by atoms with E-state index in [0.717, 1.165) is 28.4 Å². The van der Waals surface area contributed by atoms with Crippen LogP contribution in [0.2, 0.25) is 0 Å². The summed E-state index contributed by atoms with van der Waals surface area (Å²) in [7, 11) is 1.63. The van der Waals surface area contributed by atoms with Crippen molar-refractivity contribution in [2.45, 2.75) is 20.4 Å². The first-order chi connectivity index (χ1) is 17.4. The molecule has 2 aromatic carbocycles. The third-order valence-corrected chi connectivity index (χ3v) is 6.58. The van der Waals surface area contributed by atoms with Crippen molar-refractivity contribution in [3.05, 3.63) is 83.3 Å². The van der Waals surface area contributed by atoms with E-state index in [-0.39, 0.29) is 11.7 Å². The molecular formula is C27H28FN5O3. The van der Waals surface area contributed by atoms with E-state index in [1.165, 1.54) is 12.1 Å². The van der Waals surface area contributed by atoms with Gasteiger partial charge < -0.3 is 18.7 Å². The van der Waals surface area contributed by atoms with E-state index in [1.807, 2.05) is 53.6 Å². The molecule has 0 atom stereocenters. The fourth-order valence-corrected chi connectivity index (χ4v) is 4.61. The molecule has 1 aliphatic heterocycles. The van der Waals surface area contributed by atoms with Crippen molar-refractivity contribution in [3.63, 3.8) is 0 Å². The summed E-state index contributed by atoms with van der Waals surface area (Å²) in [6, 6.07) is 15.7. The van der Waals surface area contributed by atoms with Gasteiger partial charge >= 0.3 is 0 Å². The van der Waals surface area contributed by atoms with Crippen molar-refractivity contribution in [1.29, 1.82) is 0 Å². The minimum atomic E-state index is -0.284. The highest BCUT2D eigenvalue weighted by atomic mass is 19.1. The van der Waals surface area contributed by atoms with Gasteiger partial charge in [-0.2, -0.15) is 4.98 Å². The largest absolute Gasteiger partial charge is 0.497 e. The quantitative estimate of drug-likeness (QED) is 0.403. The van der Waals surface area contributed by atoms with Gasteiger partial charge in [0.1, 0.15) is 11.6 Å². The van der Waals surface area contributed by atoms with E-state index in [0.29, 0.717) is 50.0 Å². The zero-order chi connectivity index (χ0) is 25.2. The summed E-state index contributed by atoms with van der Waals surface area (Å²) in [4.78, 5) is 21.9. The van der Waals surface area contributed by atoms with Gasteiger partial charge in [0.15, 0.2) is 0 Å². The zero-order valence-electron chi connectivity index (χ0n) is 20.6. The maximum absolute atomic E-state index is 13.4. The first-order valence-corrected chi connectivity index (χ1v) is 11.9. The van der Waals surface area contributed by atoms with Gasteiger partial charge in [-0.1, -0.05) is 5.16 Å². The van der Waals surface area contributed by atoms with Crippen molar-refractivity contribution < 1.29 is 18.4 Å². The molecule has 9 heteroatoms. The van der Waals surface area contributed by atoms with Crippen molar-refractivity contribution in [2.75, 3.05) is 33.3 Å². The van der Waals surface area contributed by atoms with E-state index < -0.39 is 0 Å². The number of amides is 1. The Hall–Kier alpha value is -3.98. The summed E-state index contributed by atoms with van der Waals surface area (Å²) in [6.45, 7) is 7.05. The van der Waals surface area contributed by atoms with Gasteiger partial charge in [0.25, 0.3) is 5.91 Å². The number of aromatic nitrogens is 3. The van der Waals surface area contributed by atoms with Gasteiger partial charge in [0.05, 0.1) is 19.2 Å². The molecule has 0 bridgehead atoms. The average molecular weight is 490 g/mol. The van der Waals surface area contributed by atoms with Crippen molar-refractivity contribution >= 4 is 5.91 Å². The van der Waals surface area contributed by atoms with Gasteiger partial charge in [-0.05, 0) is 68.4 Å². The molecule has 0 N–H and O–H groups in total. The van der Waals surface area contributed by atoms with Crippen LogP contribution in [-0.4, -0.2) is 63.7 Å². The van der Waals surface area contributed by atoms with E-state index in [2.05, 4.69) is 15.0 Å². The SMILES string of the molecule is COc1ccc(-c2noc(CN3CCN(C(=O)c4cc(C)n(-c5ccc(F)cc5)c4C)CC3)n2)cc1. The second kappa shape index (κ2) is 9.94. The van der Waals surface area contributed by atoms with Crippen LogP contribution in [0.5, 0.6) is 5.75 Å². The van der Waals surface area contributed by atoms with E-state index in [9.17, 15) is 9.18 Å². The summed E-state index contributed by atoms with van der Waals surface area (Å²) in [6.07, 6.45) is 0. The summed E-state index contributed by atoms with van der Waals surface area (Å²) in [5, 5.41) is 4.10. The van der Waals surface area contributed by atoms with Crippen LogP contribution in [0, 0.1) is 19.7 Å². The molecule has 186 valence electrons. The number of carbonyl (C=O) groups is 1. The molecule has 4 aromatic rings. The Labute approximate surface area is 208 Å². The normalized spacial score (nSPS) is 14.3. The number of carbonyl (C=O) groups excluding carboxylic acids is 1. The van der Waals surface area contributed by atoms with Gasteiger partial charge in [-0.25, -0.2) is 4.39 Å². The number of nitrogens with zero attached hydrogens (tertiary/aromatic N) is 5. The third kappa shape index (κ3) is 4.74. The minimum absolute atomic E-state index is 0.00990. The first kappa shape index (κ1) is 23.7. The fraction of sp³-hybridized carbons (Fsp3) is 0.296. The second-order valence-electron chi connectivity index (χ2n) is 8.91. The Bertz CT molecular complexity index is 1350.